The quantitative estimate of drug-likeness (QED) is 0.167. The van der Waals surface area contributed by atoms with Crippen molar-refractivity contribution in [3.8, 4) is 89.8 Å². The number of thiophene rings is 1. The van der Waals surface area contributed by atoms with Gasteiger partial charge >= 0.3 is 0 Å². The van der Waals surface area contributed by atoms with E-state index in [9.17, 15) is 0 Å². The lowest BCUT2D eigenvalue weighted by Crippen LogP contribution is -2.25. The molecule has 12 aromatic rings. The van der Waals surface area contributed by atoms with Gasteiger partial charge in [-0.05, 0) is 120 Å². The number of nitrogens with zero attached hydrogens (tertiary/aromatic N) is 3. The van der Waals surface area contributed by atoms with E-state index in [1.54, 1.807) is 0 Å². The largest absolute Gasteiger partial charge is 0.208 e. The maximum absolute atomic E-state index is 5.26. The molecule has 10 aromatic carbocycles. The van der Waals surface area contributed by atoms with Gasteiger partial charge in [0.1, 0.15) is 0 Å². The monoisotopic (exact) mass is 881 g/mol. The lowest BCUT2D eigenvalue weighted by Gasteiger charge is -2.30. The van der Waals surface area contributed by atoms with Crippen molar-refractivity contribution in [2.75, 3.05) is 0 Å². The van der Waals surface area contributed by atoms with Crippen LogP contribution in [-0.2, 0) is 5.41 Å². The highest BCUT2D eigenvalue weighted by molar-refractivity contribution is 7.25. The average Bonchev–Trinajstić information content (AvgIpc) is 4.05. The summed E-state index contributed by atoms with van der Waals surface area (Å²) in [7, 11) is 0. The predicted octanol–water partition coefficient (Wildman–Crippen LogP) is 16.6. The molecule has 2 aromatic heterocycles. The van der Waals surface area contributed by atoms with Crippen molar-refractivity contribution >= 4 is 31.5 Å². The molecule has 4 heteroatoms. The molecule has 0 fully saturated rings. The molecule has 316 valence electrons. The van der Waals surface area contributed by atoms with Gasteiger partial charge in [0.25, 0.3) is 0 Å². The van der Waals surface area contributed by atoms with Crippen molar-refractivity contribution in [2.24, 2.45) is 0 Å². The van der Waals surface area contributed by atoms with Crippen LogP contribution in [0.5, 0.6) is 0 Å². The van der Waals surface area contributed by atoms with Gasteiger partial charge in [-0.25, -0.2) is 15.0 Å². The molecule has 2 heterocycles. The van der Waals surface area contributed by atoms with Crippen molar-refractivity contribution in [1.29, 1.82) is 0 Å². The fraction of sp³-hybridized carbons (Fsp3) is 0.0156. The van der Waals surface area contributed by atoms with Gasteiger partial charge in [0.05, 0.1) is 5.41 Å². The summed E-state index contributed by atoms with van der Waals surface area (Å²) >= 11 is 1.83. The van der Waals surface area contributed by atoms with Gasteiger partial charge in [0.15, 0.2) is 17.5 Å². The van der Waals surface area contributed by atoms with Gasteiger partial charge in [-0.1, -0.05) is 194 Å². The van der Waals surface area contributed by atoms with Crippen LogP contribution in [0.25, 0.3) is 110 Å². The minimum absolute atomic E-state index is 0.392. The van der Waals surface area contributed by atoms with E-state index in [2.05, 4.69) is 224 Å². The molecule has 14 rings (SSSR count). The molecule has 0 unspecified atom stereocenters. The average molecular weight is 882 g/mol. The van der Waals surface area contributed by atoms with E-state index in [0.29, 0.717) is 17.5 Å². The highest BCUT2D eigenvalue weighted by atomic mass is 32.1. The second kappa shape index (κ2) is 15.2. The maximum atomic E-state index is 5.26. The van der Waals surface area contributed by atoms with Crippen molar-refractivity contribution in [3.63, 3.8) is 0 Å². The Balaban J connectivity index is 0.929. The van der Waals surface area contributed by atoms with E-state index >= 15 is 0 Å². The SMILES string of the molecule is c1ccc(-c2cccc(-c3nc(-c4cccc(-c5ccccc5)c4)nc(-c4ccc5sc6ccc(-c7cccc8c7-c7ccccc7C87c8ccccc8-c8ccccc87)cc6c5c4)n3)c2)cc1. The normalized spacial score (nSPS) is 12.8. The molecule has 0 N–H and O–H groups in total. The molecule has 68 heavy (non-hydrogen) atoms. The smallest absolute Gasteiger partial charge is 0.164 e. The second-order valence-corrected chi connectivity index (χ2v) is 18.9. The molecule has 0 bridgehead atoms. The Labute approximate surface area is 398 Å². The third kappa shape index (κ3) is 5.88. The van der Waals surface area contributed by atoms with Gasteiger partial charge in [0.2, 0.25) is 0 Å². The molecule has 0 radical (unpaired) electrons. The van der Waals surface area contributed by atoms with Crippen LogP contribution in [0.1, 0.15) is 22.3 Å². The Hall–Kier alpha value is -8.57. The summed E-state index contributed by atoms with van der Waals surface area (Å²) in [6, 6.07) is 85.7. The second-order valence-electron chi connectivity index (χ2n) is 17.8. The molecular formula is C64H39N3S. The topological polar surface area (TPSA) is 38.7 Å². The minimum atomic E-state index is -0.392. The molecule has 0 saturated carbocycles. The molecule has 2 aliphatic rings. The summed E-state index contributed by atoms with van der Waals surface area (Å²) < 4.78 is 2.47. The third-order valence-electron chi connectivity index (χ3n) is 14.2. The van der Waals surface area contributed by atoms with Gasteiger partial charge < -0.3 is 0 Å². The van der Waals surface area contributed by atoms with Crippen molar-refractivity contribution < 1.29 is 0 Å². The number of fused-ring (bicyclic) bond motifs is 13. The fourth-order valence-electron chi connectivity index (χ4n) is 11.2. The van der Waals surface area contributed by atoms with Crippen LogP contribution in [-0.4, -0.2) is 15.0 Å². The Morgan fingerprint density at radius 1 is 0.265 bits per heavy atom. The predicted molar refractivity (Wildman–Crippen MR) is 282 cm³/mol. The summed E-state index contributed by atoms with van der Waals surface area (Å²) in [5.74, 6) is 1.90. The van der Waals surface area contributed by atoms with Crippen LogP contribution in [0.3, 0.4) is 0 Å². The number of hydrogen-bond acceptors (Lipinski definition) is 4. The first-order valence-electron chi connectivity index (χ1n) is 23.2. The first-order valence-corrected chi connectivity index (χ1v) is 24.0. The Bertz CT molecular complexity index is 3840. The Kier molecular flexibility index (Phi) is 8.67. The molecular weight excluding hydrogens is 843 g/mol. The maximum Gasteiger partial charge on any atom is 0.164 e. The van der Waals surface area contributed by atoms with Gasteiger partial charge in [-0.2, -0.15) is 0 Å². The first-order chi connectivity index (χ1) is 33.7. The molecule has 3 nitrogen and oxygen atoms in total. The fourth-order valence-corrected chi connectivity index (χ4v) is 12.2. The van der Waals surface area contributed by atoms with Crippen molar-refractivity contribution in [1.82, 2.24) is 15.0 Å². The Morgan fingerprint density at radius 2 is 0.647 bits per heavy atom. The molecule has 0 atom stereocenters. The van der Waals surface area contributed by atoms with Crippen molar-refractivity contribution in [3.05, 3.63) is 259 Å². The zero-order chi connectivity index (χ0) is 44.8. The molecule has 2 aliphatic carbocycles. The van der Waals surface area contributed by atoms with Crippen LogP contribution in [0.15, 0.2) is 237 Å². The van der Waals surface area contributed by atoms with E-state index in [-0.39, 0.29) is 0 Å². The molecule has 0 aliphatic heterocycles. The summed E-state index contributed by atoms with van der Waals surface area (Å²) in [6.45, 7) is 0. The number of hydrogen-bond donors (Lipinski definition) is 0. The van der Waals surface area contributed by atoms with Crippen LogP contribution in [0, 0.1) is 0 Å². The van der Waals surface area contributed by atoms with Crippen LogP contribution < -0.4 is 0 Å². The van der Waals surface area contributed by atoms with E-state index < -0.39 is 5.41 Å². The summed E-state index contributed by atoms with van der Waals surface area (Å²) in [5.41, 5.74) is 20.0. The third-order valence-corrected chi connectivity index (χ3v) is 15.3. The highest BCUT2D eigenvalue weighted by Crippen LogP contribution is 2.64. The van der Waals surface area contributed by atoms with E-state index in [1.165, 1.54) is 75.8 Å². The van der Waals surface area contributed by atoms with E-state index in [1.807, 2.05) is 23.5 Å². The summed E-state index contributed by atoms with van der Waals surface area (Å²) in [6.07, 6.45) is 0. The molecule has 0 saturated heterocycles. The molecule has 1 spiro atoms. The van der Waals surface area contributed by atoms with Gasteiger partial charge in [0, 0.05) is 36.9 Å². The van der Waals surface area contributed by atoms with Gasteiger partial charge in [-0.3, -0.25) is 0 Å². The first kappa shape index (κ1) is 38.7. The lowest BCUT2D eigenvalue weighted by atomic mass is 9.70. The van der Waals surface area contributed by atoms with Crippen molar-refractivity contribution in [2.45, 2.75) is 5.41 Å². The van der Waals surface area contributed by atoms with Crippen LogP contribution >= 0.6 is 11.3 Å². The van der Waals surface area contributed by atoms with Gasteiger partial charge in [-0.15, -0.1) is 11.3 Å². The van der Waals surface area contributed by atoms with E-state index in [0.717, 1.165) is 38.9 Å². The Morgan fingerprint density at radius 3 is 1.21 bits per heavy atom. The van der Waals surface area contributed by atoms with Crippen LogP contribution in [0.2, 0.25) is 0 Å². The number of aromatic nitrogens is 3. The standard InChI is InChI=1S/C64H39N3S/c1-3-16-40(17-4-1)42-20-13-22-45(36-42)61-65-62(46-23-14-21-43(37-46)41-18-5-2-6-19-41)67-63(66-61)47-33-35-59-53(39-47)52-38-44(32-34-58(52)68-59)48-27-15-31-57-60(48)51-26-9-12-30-56(51)64(57)54-28-10-7-24-49(54)50-25-8-11-29-55(50)64/h1-39H. The number of rotatable bonds is 6. The number of benzene rings is 10. The summed E-state index contributed by atoms with van der Waals surface area (Å²) in [4.78, 5) is 15.7. The summed E-state index contributed by atoms with van der Waals surface area (Å²) in [5, 5.41) is 2.41. The zero-order valence-electron chi connectivity index (χ0n) is 36.8. The van der Waals surface area contributed by atoms with E-state index in [4.69, 9.17) is 15.0 Å². The highest BCUT2D eigenvalue weighted by Gasteiger charge is 2.52. The molecule has 0 amide bonds. The van der Waals surface area contributed by atoms with Crippen LogP contribution in [0.4, 0.5) is 0 Å². The minimum Gasteiger partial charge on any atom is -0.208 e. The lowest BCUT2D eigenvalue weighted by molar-refractivity contribution is 0.794. The zero-order valence-corrected chi connectivity index (χ0v) is 37.6.